The molecule has 2 rings (SSSR count). The highest BCUT2D eigenvalue weighted by molar-refractivity contribution is 9.10. The first-order valence-electron chi connectivity index (χ1n) is 5.63. The first kappa shape index (κ1) is 14.2. The fraction of sp³-hybridized carbons (Fsp3) is 0.417. The molecule has 7 heteroatoms. The summed E-state index contributed by atoms with van der Waals surface area (Å²) in [4.78, 5) is 12.3. The van der Waals surface area contributed by atoms with Gasteiger partial charge in [0.25, 0.3) is 0 Å². The van der Waals surface area contributed by atoms with Gasteiger partial charge in [-0.25, -0.2) is 0 Å². The van der Waals surface area contributed by atoms with Crippen LogP contribution in [0.25, 0.3) is 0 Å². The molecule has 1 fully saturated rings. The number of alkyl halides is 3. The van der Waals surface area contributed by atoms with Crippen molar-refractivity contribution in [2.45, 2.75) is 12.6 Å². The van der Waals surface area contributed by atoms with Crippen LogP contribution in [-0.4, -0.2) is 24.2 Å². The van der Waals surface area contributed by atoms with E-state index >= 15 is 0 Å². The maximum Gasteiger partial charge on any atom is 0.418 e. The summed E-state index contributed by atoms with van der Waals surface area (Å²) in [6.45, 7) is 0.432. The highest BCUT2D eigenvalue weighted by Gasteiger charge is 2.37. The van der Waals surface area contributed by atoms with Crippen molar-refractivity contribution >= 4 is 27.6 Å². The maximum absolute atomic E-state index is 13.0. The van der Waals surface area contributed by atoms with E-state index in [0.717, 1.165) is 6.07 Å². The highest BCUT2D eigenvalue weighted by atomic mass is 79.9. The molecule has 0 amide bonds. The molecule has 0 aliphatic carbocycles. The number of aliphatic carboxylic acids is 1. The lowest BCUT2D eigenvalue weighted by Crippen LogP contribution is -2.25. The van der Waals surface area contributed by atoms with Crippen molar-refractivity contribution in [3.05, 3.63) is 28.2 Å². The molecule has 1 aliphatic heterocycles. The molecule has 1 heterocycles. The lowest BCUT2D eigenvalue weighted by atomic mass is 10.1. The number of hydrogen-bond donors (Lipinski definition) is 1. The molecule has 19 heavy (non-hydrogen) atoms. The number of carboxylic acids is 1. The molecule has 0 bridgehead atoms. The average molecular weight is 338 g/mol. The fourth-order valence-corrected chi connectivity index (χ4v) is 2.55. The molecule has 0 saturated carbocycles. The Labute approximate surface area is 116 Å². The van der Waals surface area contributed by atoms with Crippen molar-refractivity contribution in [2.75, 3.05) is 18.0 Å². The fourth-order valence-electron chi connectivity index (χ4n) is 2.19. The Bertz CT molecular complexity index is 504. The predicted octanol–water partition coefficient (Wildman–Crippen LogP) is 3.38. The summed E-state index contributed by atoms with van der Waals surface area (Å²) in [5.41, 5.74) is -0.702. The quantitative estimate of drug-likeness (QED) is 0.899. The van der Waals surface area contributed by atoms with E-state index in [1.54, 1.807) is 0 Å². The molecular weight excluding hydrogens is 327 g/mol. The van der Waals surface area contributed by atoms with Gasteiger partial charge >= 0.3 is 12.1 Å². The zero-order valence-electron chi connectivity index (χ0n) is 9.75. The Balaban J connectivity index is 2.33. The predicted molar refractivity (Wildman–Crippen MR) is 67.1 cm³/mol. The lowest BCUT2D eigenvalue weighted by molar-refractivity contribution is -0.141. The van der Waals surface area contributed by atoms with Crippen LogP contribution in [0.1, 0.15) is 12.0 Å². The molecule has 3 nitrogen and oxygen atoms in total. The molecule has 104 valence electrons. The Kier molecular flexibility index (Phi) is 3.75. The number of anilines is 1. The van der Waals surface area contributed by atoms with Gasteiger partial charge in [0.05, 0.1) is 11.5 Å². The van der Waals surface area contributed by atoms with Crippen LogP contribution in [0.3, 0.4) is 0 Å². The van der Waals surface area contributed by atoms with Crippen molar-refractivity contribution < 1.29 is 23.1 Å². The van der Waals surface area contributed by atoms with E-state index in [4.69, 9.17) is 5.11 Å². The summed E-state index contributed by atoms with van der Waals surface area (Å²) in [7, 11) is 0. The second-order valence-electron chi connectivity index (χ2n) is 4.43. The van der Waals surface area contributed by atoms with E-state index < -0.39 is 23.6 Å². The third-order valence-electron chi connectivity index (χ3n) is 3.14. The summed E-state index contributed by atoms with van der Waals surface area (Å²) in [5.74, 6) is -1.57. The van der Waals surface area contributed by atoms with E-state index in [1.807, 2.05) is 0 Å². The maximum atomic E-state index is 13.0. The Morgan fingerprint density at radius 1 is 1.42 bits per heavy atom. The van der Waals surface area contributed by atoms with Crippen molar-refractivity contribution in [3.63, 3.8) is 0 Å². The van der Waals surface area contributed by atoms with Crippen molar-refractivity contribution in [3.8, 4) is 0 Å². The van der Waals surface area contributed by atoms with Crippen molar-refractivity contribution in [2.24, 2.45) is 5.92 Å². The first-order valence-corrected chi connectivity index (χ1v) is 6.43. The van der Waals surface area contributed by atoms with Crippen LogP contribution in [0.2, 0.25) is 0 Å². The van der Waals surface area contributed by atoms with Crippen LogP contribution >= 0.6 is 15.9 Å². The first-order chi connectivity index (χ1) is 8.79. The van der Waals surface area contributed by atoms with Crippen LogP contribution in [0.15, 0.2) is 22.7 Å². The topological polar surface area (TPSA) is 40.5 Å². The summed E-state index contributed by atoms with van der Waals surface area (Å²) in [6, 6.07) is 3.92. The van der Waals surface area contributed by atoms with E-state index in [-0.39, 0.29) is 12.2 Å². The second kappa shape index (κ2) is 5.03. The van der Waals surface area contributed by atoms with Crippen LogP contribution in [0.4, 0.5) is 18.9 Å². The number of benzene rings is 1. The van der Waals surface area contributed by atoms with Gasteiger partial charge in [-0.15, -0.1) is 0 Å². The molecule has 0 spiro atoms. The van der Waals surface area contributed by atoms with Crippen LogP contribution in [0.5, 0.6) is 0 Å². The van der Waals surface area contributed by atoms with Crippen LogP contribution < -0.4 is 4.90 Å². The zero-order valence-corrected chi connectivity index (χ0v) is 11.3. The number of rotatable bonds is 2. The van der Waals surface area contributed by atoms with E-state index in [1.165, 1.54) is 17.0 Å². The molecular formula is C12H11BrF3NO2. The SMILES string of the molecule is O=C(O)C1CCN(c2ccc(Br)cc2C(F)(F)F)C1. The molecule has 0 radical (unpaired) electrons. The zero-order chi connectivity index (χ0) is 14.2. The average Bonchev–Trinajstić information content (AvgIpc) is 2.77. The summed E-state index contributed by atoms with van der Waals surface area (Å²) < 4.78 is 39.3. The molecule has 0 aromatic heterocycles. The lowest BCUT2D eigenvalue weighted by Gasteiger charge is -2.23. The van der Waals surface area contributed by atoms with Gasteiger partial charge in [-0.3, -0.25) is 4.79 Å². The number of halogens is 4. The Hall–Kier alpha value is -1.24. The van der Waals surface area contributed by atoms with Gasteiger partial charge in [0.15, 0.2) is 0 Å². The monoisotopic (exact) mass is 337 g/mol. The summed E-state index contributed by atoms with van der Waals surface area (Å²) in [6.07, 6.45) is -4.09. The minimum Gasteiger partial charge on any atom is -0.481 e. The molecule has 1 unspecified atom stereocenters. The molecule has 1 saturated heterocycles. The third kappa shape index (κ3) is 3.02. The number of carbonyl (C=O) groups is 1. The van der Waals surface area contributed by atoms with E-state index in [9.17, 15) is 18.0 Å². The second-order valence-corrected chi connectivity index (χ2v) is 5.34. The van der Waals surface area contributed by atoms with Crippen molar-refractivity contribution in [1.29, 1.82) is 0 Å². The van der Waals surface area contributed by atoms with E-state index in [2.05, 4.69) is 15.9 Å². The third-order valence-corrected chi connectivity index (χ3v) is 3.64. The minimum absolute atomic E-state index is 0.0412. The minimum atomic E-state index is -4.46. The number of carboxylic acid groups (broad SMARTS) is 1. The van der Waals surface area contributed by atoms with Gasteiger partial charge < -0.3 is 10.0 Å². The van der Waals surface area contributed by atoms with Crippen molar-refractivity contribution in [1.82, 2.24) is 0 Å². The van der Waals surface area contributed by atoms with Crippen LogP contribution in [0, 0.1) is 5.92 Å². The molecule has 1 N–H and O–H groups in total. The van der Waals surface area contributed by atoms with Crippen LogP contribution in [-0.2, 0) is 11.0 Å². The van der Waals surface area contributed by atoms with Gasteiger partial charge in [0.2, 0.25) is 0 Å². The Morgan fingerprint density at radius 3 is 2.63 bits per heavy atom. The highest BCUT2D eigenvalue weighted by Crippen LogP contribution is 2.39. The summed E-state index contributed by atoms with van der Waals surface area (Å²) >= 11 is 3.02. The molecule has 1 aromatic rings. The standard InChI is InChI=1S/C12H11BrF3NO2/c13-8-1-2-10(9(5-8)12(14,15)16)17-4-3-7(6-17)11(18)19/h1-2,5,7H,3-4,6H2,(H,18,19). The molecule has 1 aliphatic rings. The smallest absolute Gasteiger partial charge is 0.418 e. The Morgan fingerprint density at radius 2 is 2.11 bits per heavy atom. The van der Waals surface area contributed by atoms with Gasteiger partial charge in [-0.2, -0.15) is 13.2 Å². The van der Waals surface area contributed by atoms with Gasteiger partial charge in [-0.05, 0) is 24.6 Å². The van der Waals surface area contributed by atoms with Gasteiger partial charge in [0, 0.05) is 23.2 Å². The number of nitrogens with zero attached hydrogens (tertiary/aromatic N) is 1. The summed E-state index contributed by atoms with van der Waals surface area (Å²) in [5, 5.41) is 8.89. The molecule has 1 aromatic carbocycles. The number of hydrogen-bond acceptors (Lipinski definition) is 2. The van der Waals surface area contributed by atoms with E-state index in [0.29, 0.717) is 17.4 Å². The largest absolute Gasteiger partial charge is 0.481 e. The van der Waals surface area contributed by atoms with Gasteiger partial charge in [-0.1, -0.05) is 15.9 Å². The van der Waals surface area contributed by atoms with Gasteiger partial charge in [0.1, 0.15) is 0 Å². The molecule has 1 atom stereocenters. The normalized spacial score (nSPS) is 19.8.